The Balaban J connectivity index is 1.70. The summed E-state index contributed by atoms with van der Waals surface area (Å²) in [6.07, 6.45) is 2.89. The monoisotopic (exact) mass is 394 g/mol. The molecule has 2 aliphatic rings. The van der Waals surface area contributed by atoms with Crippen molar-refractivity contribution in [2.75, 3.05) is 19.6 Å². The third-order valence-electron chi connectivity index (χ3n) is 5.27. The van der Waals surface area contributed by atoms with Crippen LogP contribution in [0, 0.1) is 23.5 Å². The van der Waals surface area contributed by atoms with Gasteiger partial charge in [0, 0.05) is 32.1 Å². The van der Waals surface area contributed by atoms with Gasteiger partial charge in [0.15, 0.2) is 11.6 Å². The highest BCUT2D eigenvalue weighted by Crippen LogP contribution is 2.33. The van der Waals surface area contributed by atoms with E-state index in [1.807, 2.05) is 0 Å². The fourth-order valence-corrected chi connectivity index (χ4v) is 3.58. The van der Waals surface area contributed by atoms with Gasteiger partial charge in [0.05, 0.1) is 12.3 Å². The van der Waals surface area contributed by atoms with Crippen molar-refractivity contribution in [1.82, 2.24) is 9.80 Å². The number of amides is 2. The number of hydrogen-bond donors (Lipinski definition) is 1. The van der Waals surface area contributed by atoms with Crippen LogP contribution in [0.1, 0.15) is 37.7 Å². The molecule has 0 spiro atoms. The van der Waals surface area contributed by atoms with E-state index >= 15 is 0 Å². The van der Waals surface area contributed by atoms with Crippen molar-refractivity contribution < 1.29 is 28.3 Å². The van der Waals surface area contributed by atoms with Crippen LogP contribution in [0.4, 0.5) is 8.78 Å². The van der Waals surface area contributed by atoms with E-state index in [2.05, 4.69) is 0 Å². The third-order valence-corrected chi connectivity index (χ3v) is 5.27. The molecule has 1 saturated heterocycles. The molecule has 6 nitrogen and oxygen atoms in total. The lowest BCUT2D eigenvalue weighted by Crippen LogP contribution is -2.47. The Morgan fingerprint density at radius 2 is 1.86 bits per heavy atom. The minimum Gasteiger partial charge on any atom is -0.481 e. The van der Waals surface area contributed by atoms with Gasteiger partial charge in [-0.3, -0.25) is 14.4 Å². The van der Waals surface area contributed by atoms with Crippen molar-refractivity contribution in [3.05, 3.63) is 35.4 Å². The Kier molecular flexibility index (Phi) is 6.26. The highest BCUT2D eigenvalue weighted by molar-refractivity contribution is 5.83. The average molecular weight is 394 g/mol. The van der Waals surface area contributed by atoms with Crippen LogP contribution in [0.2, 0.25) is 0 Å². The maximum Gasteiger partial charge on any atom is 0.305 e. The van der Waals surface area contributed by atoms with Crippen molar-refractivity contribution in [2.24, 2.45) is 11.8 Å². The molecule has 2 fully saturated rings. The number of piperidine rings is 1. The Morgan fingerprint density at radius 3 is 2.50 bits per heavy atom. The fraction of sp³-hybridized carbons (Fsp3) is 0.550. The highest BCUT2D eigenvalue weighted by atomic mass is 19.2. The molecule has 1 atom stereocenters. The van der Waals surface area contributed by atoms with Crippen LogP contribution in [0.3, 0.4) is 0 Å². The van der Waals surface area contributed by atoms with E-state index in [1.165, 1.54) is 11.0 Å². The molecule has 8 heteroatoms. The molecular weight excluding hydrogens is 370 g/mol. The minimum absolute atomic E-state index is 0.00359. The summed E-state index contributed by atoms with van der Waals surface area (Å²) < 4.78 is 26.7. The fourth-order valence-electron chi connectivity index (χ4n) is 3.58. The number of benzene rings is 1. The van der Waals surface area contributed by atoms with E-state index in [1.54, 1.807) is 4.90 Å². The molecule has 1 N–H and O–H groups in total. The lowest BCUT2D eigenvalue weighted by Gasteiger charge is -2.35. The van der Waals surface area contributed by atoms with Crippen molar-refractivity contribution in [3.63, 3.8) is 0 Å². The summed E-state index contributed by atoms with van der Waals surface area (Å²) >= 11 is 0. The second-order valence-corrected chi connectivity index (χ2v) is 7.55. The first-order valence-electron chi connectivity index (χ1n) is 9.58. The number of carboxylic acid groups (broad SMARTS) is 1. The molecule has 1 saturated carbocycles. The van der Waals surface area contributed by atoms with Gasteiger partial charge in [0.2, 0.25) is 11.8 Å². The quantitative estimate of drug-likeness (QED) is 0.771. The van der Waals surface area contributed by atoms with Gasteiger partial charge in [-0.1, -0.05) is 6.07 Å². The van der Waals surface area contributed by atoms with Gasteiger partial charge >= 0.3 is 5.97 Å². The van der Waals surface area contributed by atoms with Gasteiger partial charge in [0.1, 0.15) is 0 Å². The van der Waals surface area contributed by atoms with Gasteiger partial charge in [-0.2, -0.15) is 0 Å². The largest absolute Gasteiger partial charge is 0.481 e. The molecule has 0 aromatic heterocycles. The minimum atomic E-state index is -1.04. The van der Waals surface area contributed by atoms with Crippen LogP contribution in [-0.4, -0.2) is 52.3 Å². The molecule has 1 heterocycles. The van der Waals surface area contributed by atoms with Crippen LogP contribution in [0.25, 0.3) is 0 Å². The van der Waals surface area contributed by atoms with Crippen molar-refractivity contribution in [2.45, 2.75) is 38.6 Å². The number of halogens is 2. The average Bonchev–Trinajstić information content (AvgIpc) is 3.52. The summed E-state index contributed by atoms with van der Waals surface area (Å²) in [6, 6.07) is 3.38. The zero-order valence-electron chi connectivity index (χ0n) is 15.6. The third kappa shape index (κ3) is 5.05. The van der Waals surface area contributed by atoms with Crippen molar-refractivity contribution in [1.29, 1.82) is 0 Å². The van der Waals surface area contributed by atoms with E-state index in [0.717, 1.165) is 25.0 Å². The van der Waals surface area contributed by atoms with E-state index in [4.69, 9.17) is 5.11 Å². The highest BCUT2D eigenvalue weighted by Gasteiger charge is 2.37. The number of aliphatic carboxylic acids is 1. The number of likely N-dealkylation sites (tertiary alicyclic amines) is 1. The first-order chi connectivity index (χ1) is 13.3. The van der Waals surface area contributed by atoms with E-state index in [0.29, 0.717) is 31.5 Å². The number of carbonyl (C=O) groups excluding carboxylic acids is 2. The molecule has 0 bridgehead atoms. The van der Waals surface area contributed by atoms with Crippen LogP contribution in [0.15, 0.2) is 18.2 Å². The summed E-state index contributed by atoms with van der Waals surface area (Å²) in [5.41, 5.74) is 0.388. The summed E-state index contributed by atoms with van der Waals surface area (Å²) in [5.74, 6) is -3.52. The second-order valence-electron chi connectivity index (χ2n) is 7.55. The van der Waals surface area contributed by atoms with Gasteiger partial charge < -0.3 is 14.9 Å². The standard InChI is InChI=1S/C20H24F2N2O4/c21-16-6-3-13(10-17(16)22)11-24(9-7-18(25)26)20(28)15-2-1-8-23(12-15)19(27)14-4-5-14/h3,6,10,14-15H,1-2,4-5,7-9,11-12H2,(H,25,26). The Hall–Kier alpha value is -2.51. The maximum absolute atomic E-state index is 13.5. The molecule has 28 heavy (non-hydrogen) atoms. The number of carbonyl (C=O) groups is 3. The molecule has 1 aliphatic heterocycles. The lowest BCUT2D eigenvalue weighted by molar-refractivity contribution is -0.143. The summed E-state index contributed by atoms with van der Waals surface area (Å²) in [4.78, 5) is 39.4. The number of rotatable bonds is 7. The number of carboxylic acids is 1. The van der Waals surface area contributed by atoms with Crippen molar-refractivity contribution >= 4 is 17.8 Å². The molecule has 3 rings (SSSR count). The predicted octanol–water partition coefficient (Wildman–Crippen LogP) is 2.42. The molecule has 152 valence electrons. The smallest absolute Gasteiger partial charge is 0.305 e. The van der Waals surface area contributed by atoms with E-state index < -0.39 is 23.5 Å². The summed E-state index contributed by atoms with van der Waals surface area (Å²) in [7, 11) is 0. The predicted molar refractivity (Wildman–Crippen MR) is 96.1 cm³/mol. The molecule has 1 aromatic carbocycles. The Morgan fingerprint density at radius 1 is 1.11 bits per heavy atom. The zero-order chi connectivity index (χ0) is 20.3. The number of nitrogens with zero attached hydrogens (tertiary/aromatic N) is 2. The van der Waals surface area contributed by atoms with E-state index in [9.17, 15) is 23.2 Å². The lowest BCUT2D eigenvalue weighted by atomic mass is 9.95. The normalized spacial score (nSPS) is 19.4. The molecule has 1 aromatic rings. The van der Waals surface area contributed by atoms with E-state index in [-0.39, 0.29) is 37.2 Å². The molecule has 1 aliphatic carbocycles. The second kappa shape index (κ2) is 8.67. The van der Waals surface area contributed by atoms with Crippen LogP contribution in [0.5, 0.6) is 0 Å². The first-order valence-corrected chi connectivity index (χ1v) is 9.58. The topological polar surface area (TPSA) is 77.9 Å². The summed E-state index contributed by atoms with van der Waals surface area (Å²) in [5, 5.41) is 8.98. The SMILES string of the molecule is O=C(O)CCN(Cc1ccc(F)c(F)c1)C(=O)C1CCCN(C(=O)C2CC2)C1. The summed E-state index contributed by atoms with van der Waals surface area (Å²) in [6.45, 7) is 0.934. The molecule has 1 unspecified atom stereocenters. The van der Waals surface area contributed by atoms with Gasteiger partial charge in [0.25, 0.3) is 0 Å². The molecule has 0 radical (unpaired) electrons. The molecule has 2 amide bonds. The Labute approximate surface area is 162 Å². The Bertz CT molecular complexity index is 767. The number of hydrogen-bond acceptors (Lipinski definition) is 3. The van der Waals surface area contributed by atoms with Crippen LogP contribution < -0.4 is 0 Å². The zero-order valence-corrected chi connectivity index (χ0v) is 15.6. The molecular formula is C20H24F2N2O4. The first kappa shape index (κ1) is 20.2. The van der Waals surface area contributed by atoms with Gasteiger partial charge in [-0.05, 0) is 43.4 Å². The van der Waals surface area contributed by atoms with Crippen LogP contribution >= 0.6 is 0 Å². The van der Waals surface area contributed by atoms with Crippen LogP contribution in [-0.2, 0) is 20.9 Å². The van der Waals surface area contributed by atoms with Gasteiger partial charge in [-0.25, -0.2) is 8.78 Å². The van der Waals surface area contributed by atoms with Crippen molar-refractivity contribution in [3.8, 4) is 0 Å². The maximum atomic E-state index is 13.5. The van der Waals surface area contributed by atoms with Gasteiger partial charge in [-0.15, -0.1) is 0 Å².